The van der Waals surface area contributed by atoms with Crippen LogP contribution in [-0.4, -0.2) is 12.1 Å². The van der Waals surface area contributed by atoms with Gasteiger partial charge in [-0.15, -0.1) is 0 Å². The lowest BCUT2D eigenvalue weighted by Gasteiger charge is -1.99. The van der Waals surface area contributed by atoms with Crippen LogP contribution in [0.15, 0.2) is 48.5 Å². The molecule has 0 aliphatic carbocycles. The fourth-order valence-corrected chi connectivity index (χ4v) is 1.44. The van der Waals surface area contributed by atoms with E-state index in [0.29, 0.717) is 11.0 Å². The quantitative estimate of drug-likeness (QED) is 0.794. The van der Waals surface area contributed by atoms with Crippen molar-refractivity contribution >= 4 is 17.8 Å². The van der Waals surface area contributed by atoms with E-state index in [1.54, 1.807) is 48.5 Å². The molecule has 2 aromatic carbocycles. The number of aromatic hydroxyl groups is 1. The van der Waals surface area contributed by atoms with Crippen molar-refractivity contribution in [3.05, 3.63) is 59.7 Å². The molecular weight excluding hydrogens is 210 g/mol. The molecule has 0 fully saturated rings. The van der Waals surface area contributed by atoms with Crippen LogP contribution in [0, 0.1) is 0 Å². The molecule has 0 radical (unpaired) electrons. The van der Waals surface area contributed by atoms with E-state index in [0.717, 1.165) is 11.1 Å². The third kappa shape index (κ3) is 3.11. The molecule has 0 heterocycles. The minimum absolute atomic E-state index is 0.219. The molecule has 2 aromatic rings. The molecule has 0 amide bonds. The summed E-state index contributed by atoms with van der Waals surface area (Å²) in [6.45, 7) is -2.47. The molecule has 2 N–H and O–H groups in total. The van der Waals surface area contributed by atoms with Crippen molar-refractivity contribution in [3.63, 3.8) is 0 Å². The van der Waals surface area contributed by atoms with Crippen LogP contribution in [0.2, 0.25) is 1.41 Å². The summed E-state index contributed by atoms with van der Waals surface area (Å²) in [6.07, 6.45) is 3.76. The van der Waals surface area contributed by atoms with Gasteiger partial charge in [-0.3, -0.25) is 0 Å². The SMILES string of the molecule is [3H]N(c1ccc(/C=C/c2ccc(O)cc2)cc1)C([3H])([3H])[3H]. The zero-order chi connectivity index (χ0) is 15.5. The molecule has 0 aliphatic rings. The third-order valence-electron chi connectivity index (χ3n) is 2.38. The van der Waals surface area contributed by atoms with E-state index >= 15 is 0 Å². The van der Waals surface area contributed by atoms with E-state index in [-0.39, 0.29) is 5.75 Å². The highest BCUT2D eigenvalue weighted by Crippen LogP contribution is 2.14. The number of hydrogen-bond donors (Lipinski definition) is 2. The predicted octanol–water partition coefficient (Wildman–Crippen LogP) is 3.60. The Balaban J connectivity index is 2.11. The van der Waals surface area contributed by atoms with E-state index in [4.69, 9.17) is 5.52 Å². The second-order valence-electron chi connectivity index (χ2n) is 3.63. The average molecular weight is 233 g/mol. The Kier molecular flexibility index (Phi) is 2.20. The maximum atomic E-state index is 9.20. The number of hydrogen-bond acceptors (Lipinski definition) is 2. The van der Waals surface area contributed by atoms with E-state index < -0.39 is 6.98 Å². The minimum Gasteiger partial charge on any atom is -0.508 e. The number of nitrogens with one attached hydrogen (secondary N) is 1. The standard InChI is InChI=1S/C15H15NO/c1-16-14-8-4-12(5-9-14)2-3-13-6-10-15(17)11-7-13/h2-11,16-17H,1H3/b3-2+/i1T3/hT. The van der Waals surface area contributed by atoms with Crippen molar-refractivity contribution < 1.29 is 10.6 Å². The number of rotatable bonds is 3. The van der Waals surface area contributed by atoms with E-state index in [2.05, 4.69) is 0 Å². The first-order chi connectivity index (χ1) is 9.86. The first kappa shape index (κ1) is 7.17. The summed E-state index contributed by atoms with van der Waals surface area (Å²) in [6, 6.07) is 13.5. The van der Waals surface area contributed by atoms with Crippen LogP contribution in [-0.2, 0) is 0 Å². The molecule has 0 aromatic heterocycles. The maximum Gasteiger partial charge on any atom is 0.160 e. The normalized spacial score (nSPS) is 14.8. The summed E-state index contributed by atoms with van der Waals surface area (Å²) in [5, 5.41) is 9.71. The lowest BCUT2D eigenvalue weighted by atomic mass is 10.1. The van der Waals surface area contributed by atoms with Crippen LogP contribution in [0.5, 0.6) is 5.75 Å². The molecule has 0 aliphatic heterocycles. The van der Waals surface area contributed by atoms with Crippen LogP contribution in [0.25, 0.3) is 12.2 Å². The zero-order valence-electron chi connectivity index (χ0n) is 13.2. The minimum atomic E-state index is -2.47. The Hall–Kier alpha value is -2.22. The second kappa shape index (κ2) is 5.21. The van der Waals surface area contributed by atoms with Gasteiger partial charge in [0.1, 0.15) is 5.75 Å². The number of anilines is 1. The lowest BCUT2D eigenvalue weighted by Crippen LogP contribution is -1.86. The topological polar surface area (TPSA) is 32.3 Å². The maximum absolute atomic E-state index is 9.20. The number of phenolic OH excluding ortho intramolecular Hbond substituents is 1. The fraction of sp³-hybridized carbons (Fsp3) is 0.0667. The van der Waals surface area contributed by atoms with Gasteiger partial charge >= 0.3 is 0 Å². The van der Waals surface area contributed by atoms with Crippen molar-refractivity contribution in [2.45, 2.75) is 0 Å². The summed E-state index contributed by atoms with van der Waals surface area (Å²) >= 11 is 0. The molecule has 2 nitrogen and oxygen atoms in total. The lowest BCUT2D eigenvalue weighted by molar-refractivity contribution is 0.475. The van der Waals surface area contributed by atoms with Crippen LogP contribution in [0.3, 0.4) is 0 Å². The highest BCUT2D eigenvalue weighted by atomic mass is 16.3. The van der Waals surface area contributed by atoms with Gasteiger partial charge in [0.2, 0.25) is 0 Å². The molecule has 0 atom stereocenters. The predicted molar refractivity (Wildman–Crippen MR) is 73.0 cm³/mol. The molecule has 0 saturated carbocycles. The number of phenols is 1. The summed E-state index contributed by atoms with van der Waals surface area (Å²) in [5.74, 6) is 0.219. The average Bonchev–Trinajstić information content (AvgIpc) is 2.45. The van der Waals surface area contributed by atoms with Gasteiger partial charge in [0.05, 0.1) is 0 Å². The fourth-order valence-electron chi connectivity index (χ4n) is 1.44. The number of benzene rings is 2. The molecule has 0 bridgehead atoms. The monoisotopic (exact) mass is 233 g/mol. The van der Waals surface area contributed by atoms with Gasteiger partial charge in [0, 0.05) is 16.8 Å². The van der Waals surface area contributed by atoms with Gasteiger partial charge < -0.3 is 10.4 Å². The molecule has 0 unspecified atom stereocenters. The summed E-state index contributed by atoms with van der Waals surface area (Å²) < 4.78 is 29.1. The van der Waals surface area contributed by atoms with Gasteiger partial charge in [-0.05, 0) is 35.4 Å². The van der Waals surface area contributed by atoms with Crippen LogP contribution < -0.4 is 5.31 Å². The van der Waals surface area contributed by atoms with Crippen molar-refractivity contribution in [1.29, 1.82) is 0 Å². The van der Waals surface area contributed by atoms with Gasteiger partial charge in [-0.1, -0.05) is 36.4 Å². The van der Waals surface area contributed by atoms with E-state index in [1.165, 1.54) is 0 Å². The molecule has 17 heavy (non-hydrogen) atoms. The Labute approximate surface area is 107 Å². The van der Waals surface area contributed by atoms with Crippen molar-refractivity contribution in [2.24, 2.45) is 0 Å². The summed E-state index contributed by atoms with van der Waals surface area (Å²) in [7, 11) is 0. The van der Waals surface area contributed by atoms with Gasteiger partial charge in [-0.2, -0.15) is 0 Å². The molecule has 0 saturated heterocycles. The van der Waals surface area contributed by atoms with Gasteiger partial charge in [0.15, 0.2) is 1.41 Å². The van der Waals surface area contributed by atoms with Gasteiger partial charge in [-0.25, -0.2) is 0 Å². The summed E-state index contributed by atoms with van der Waals surface area (Å²) in [4.78, 5) is 0. The smallest absolute Gasteiger partial charge is 0.160 e. The van der Waals surface area contributed by atoms with Crippen molar-refractivity contribution in [3.8, 4) is 5.75 Å². The van der Waals surface area contributed by atoms with Crippen LogP contribution in [0.1, 0.15) is 15.2 Å². The molecule has 86 valence electrons. The highest BCUT2D eigenvalue weighted by molar-refractivity contribution is 5.70. The van der Waals surface area contributed by atoms with Gasteiger partial charge in [0.25, 0.3) is 0 Å². The van der Waals surface area contributed by atoms with E-state index in [9.17, 15) is 5.11 Å². The Morgan fingerprint density at radius 2 is 1.53 bits per heavy atom. The third-order valence-corrected chi connectivity index (χ3v) is 2.38. The molecule has 2 rings (SSSR count). The Morgan fingerprint density at radius 3 is 2.06 bits per heavy atom. The van der Waals surface area contributed by atoms with Crippen LogP contribution >= 0.6 is 0 Å². The van der Waals surface area contributed by atoms with Crippen LogP contribution in [0.4, 0.5) is 5.69 Å². The largest absolute Gasteiger partial charge is 0.508 e. The van der Waals surface area contributed by atoms with Crippen molar-refractivity contribution in [1.82, 2.24) is 0 Å². The first-order valence-corrected chi connectivity index (χ1v) is 5.22. The molecule has 2 heteroatoms. The van der Waals surface area contributed by atoms with E-state index in [1.807, 2.05) is 12.2 Å². The summed E-state index contributed by atoms with van der Waals surface area (Å²) in [5.41, 5.74) is 2.16. The van der Waals surface area contributed by atoms with Crippen molar-refractivity contribution in [2.75, 3.05) is 12.3 Å². The second-order valence-corrected chi connectivity index (χ2v) is 3.63. The Morgan fingerprint density at radius 1 is 1.00 bits per heavy atom. The highest BCUT2D eigenvalue weighted by Gasteiger charge is 1.90. The molecule has 0 spiro atoms. The molecular formula is C15H15NO. The Bertz CT molecular complexity index is 618. The first-order valence-electron chi connectivity index (χ1n) is 7.17. The zero-order valence-corrected chi connectivity index (χ0v) is 9.17.